The molecule has 182 valence electrons. The zero-order valence-electron chi connectivity index (χ0n) is 17.8. The Morgan fingerprint density at radius 3 is 2.43 bits per heavy atom. The number of hydrogen-bond acceptors (Lipinski definition) is 3. The number of carbonyl (C=O) groups is 1. The monoisotopic (exact) mass is 541 g/mol. The second-order valence-corrected chi connectivity index (χ2v) is 8.78. The Hall–Kier alpha value is -3.06. The molecule has 35 heavy (non-hydrogen) atoms. The molecule has 0 bridgehead atoms. The second kappa shape index (κ2) is 11.1. The number of rotatable bonds is 6. The van der Waals surface area contributed by atoms with E-state index in [9.17, 15) is 23.2 Å². The van der Waals surface area contributed by atoms with Crippen molar-refractivity contribution < 1.29 is 18.0 Å². The molecule has 1 unspecified atom stereocenters. The van der Waals surface area contributed by atoms with Crippen molar-refractivity contribution in [3.8, 4) is 6.07 Å². The topological polar surface area (TPSA) is 104 Å². The Morgan fingerprint density at radius 2 is 1.86 bits per heavy atom. The highest BCUT2D eigenvalue weighted by Crippen LogP contribution is 2.41. The Bertz CT molecular complexity index is 1240. The van der Waals surface area contributed by atoms with E-state index >= 15 is 0 Å². The Kier molecular flexibility index (Phi) is 8.43. The first-order valence-corrected chi connectivity index (χ1v) is 11.2. The van der Waals surface area contributed by atoms with Crippen molar-refractivity contribution in [1.82, 2.24) is 5.32 Å². The lowest BCUT2D eigenvalue weighted by Crippen LogP contribution is -2.37. The van der Waals surface area contributed by atoms with Crippen molar-refractivity contribution in [2.75, 3.05) is 0 Å². The molecule has 2 aromatic carbocycles. The molecule has 3 rings (SSSR count). The van der Waals surface area contributed by atoms with Crippen molar-refractivity contribution in [1.29, 1.82) is 5.26 Å². The maximum Gasteiger partial charge on any atom is 0.399 e. The third kappa shape index (κ3) is 7.21. The molecule has 1 aliphatic carbocycles. The van der Waals surface area contributed by atoms with E-state index in [0.29, 0.717) is 5.56 Å². The fraction of sp³-hybridized carbons (Fsp3) is 0.217. The predicted molar refractivity (Wildman–Crippen MR) is 131 cm³/mol. The number of allylic oxidation sites excluding steroid dienone is 1. The molecule has 0 spiro atoms. The van der Waals surface area contributed by atoms with E-state index in [1.165, 1.54) is 24.3 Å². The summed E-state index contributed by atoms with van der Waals surface area (Å²) in [6.45, 7) is 0. The number of alkyl halides is 3. The van der Waals surface area contributed by atoms with E-state index in [-0.39, 0.29) is 49.7 Å². The first-order valence-electron chi connectivity index (χ1n) is 10.1. The smallest absolute Gasteiger partial charge is 0.369 e. The molecular weight excluding hydrogens is 526 g/mol. The molecule has 0 heterocycles. The van der Waals surface area contributed by atoms with Gasteiger partial charge in [0.15, 0.2) is 0 Å². The number of halogens is 6. The molecule has 1 saturated carbocycles. The van der Waals surface area contributed by atoms with E-state index < -0.39 is 12.1 Å². The van der Waals surface area contributed by atoms with Crippen LogP contribution in [0.15, 0.2) is 46.4 Å². The van der Waals surface area contributed by atoms with Crippen LogP contribution in [0.2, 0.25) is 15.1 Å². The minimum atomic E-state index is -4.63. The zero-order valence-corrected chi connectivity index (χ0v) is 20.1. The van der Waals surface area contributed by atoms with Crippen molar-refractivity contribution in [2.45, 2.75) is 24.9 Å². The van der Waals surface area contributed by atoms with E-state index in [1.807, 2.05) is 6.07 Å². The number of hydrogen-bond donors (Lipinski definition) is 2. The van der Waals surface area contributed by atoms with Crippen LogP contribution in [0, 0.1) is 17.2 Å². The molecule has 0 saturated heterocycles. The number of benzene rings is 2. The first-order chi connectivity index (χ1) is 16.5. The maximum absolute atomic E-state index is 13.7. The zero-order chi connectivity index (χ0) is 25.8. The molecule has 12 heteroatoms. The summed E-state index contributed by atoms with van der Waals surface area (Å²) in [5, 5.41) is 11.6. The third-order valence-corrected chi connectivity index (χ3v) is 6.13. The summed E-state index contributed by atoms with van der Waals surface area (Å²) in [4.78, 5) is 19.5. The van der Waals surface area contributed by atoms with E-state index in [2.05, 4.69) is 15.3 Å². The number of aliphatic imine (C=N–C) groups is 2. The highest BCUT2D eigenvalue weighted by atomic mass is 35.5. The highest BCUT2D eigenvalue weighted by Gasteiger charge is 2.39. The minimum absolute atomic E-state index is 0.0341. The Labute approximate surface area is 213 Å². The van der Waals surface area contributed by atoms with Gasteiger partial charge in [-0.1, -0.05) is 53.0 Å². The standard InChI is InChI=1S/C23H17Cl3F3N5O/c24-17-8-14(9-18(25)20(17)26)16(23(27,28)29)5-1-12-2-6-19(15(7-12)10-30)32-11-33-22(31)34-21(35)13-3-4-13/h1-2,5-9,11,13,16H,3-4H2,(H3,31,32,33,34,35)/b5-1+. The lowest BCUT2D eigenvalue weighted by Gasteiger charge is -2.18. The molecule has 0 aromatic heterocycles. The SMILES string of the molecule is N#Cc1cc(/C=C/C(c2cc(Cl)c(Cl)c(Cl)c2)C(F)(F)F)ccc1N=CN=C(N)NC(=O)C1CC1. The quantitative estimate of drug-likeness (QED) is 0.251. The van der Waals surface area contributed by atoms with Gasteiger partial charge in [0.1, 0.15) is 12.4 Å². The summed E-state index contributed by atoms with van der Waals surface area (Å²) in [7, 11) is 0. The summed E-state index contributed by atoms with van der Waals surface area (Å²) in [6.07, 6.45) is 0.220. The summed E-state index contributed by atoms with van der Waals surface area (Å²) in [6, 6.07) is 8.45. The summed E-state index contributed by atoms with van der Waals surface area (Å²) in [5.74, 6) is -2.41. The highest BCUT2D eigenvalue weighted by molar-refractivity contribution is 6.48. The van der Waals surface area contributed by atoms with Gasteiger partial charge in [0.05, 0.1) is 32.2 Å². The van der Waals surface area contributed by atoms with Crippen LogP contribution in [0.5, 0.6) is 0 Å². The molecule has 2 aromatic rings. The molecule has 3 N–H and O–H groups in total. The van der Waals surface area contributed by atoms with E-state index in [1.54, 1.807) is 0 Å². The number of carbonyl (C=O) groups excluding carboxylic acids is 1. The van der Waals surface area contributed by atoms with Gasteiger partial charge < -0.3 is 5.73 Å². The lowest BCUT2D eigenvalue weighted by atomic mass is 9.96. The Morgan fingerprint density at radius 1 is 1.20 bits per heavy atom. The van der Waals surface area contributed by atoms with Crippen molar-refractivity contribution in [2.24, 2.45) is 21.6 Å². The molecule has 1 fully saturated rings. The van der Waals surface area contributed by atoms with Gasteiger partial charge >= 0.3 is 6.18 Å². The normalized spacial score (nSPS) is 15.4. The molecule has 1 aliphatic rings. The molecular formula is C23H17Cl3F3N5O. The number of nitrogens with one attached hydrogen (secondary N) is 1. The number of nitriles is 1. The predicted octanol–water partition coefficient (Wildman–Crippen LogP) is 6.38. The van der Waals surface area contributed by atoms with Crippen molar-refractivity contribution >= 4 is 64.8 Å². The van der Waals surface area contributed by atoms with Crippen molar-refractivity contribution in [3.63, 3.8) is 0 Å². The van der Waals surface area contributed by atoms with Gasteiger partial charge in [-0.25, -0.2) is 9.98 Å². The average Bonchev–Trinajstić information content (AvgIpc) is 3.63. The van der Waals surface area contributed by atoms with Crippen LogP contribution in [0.25, 0.3) is 6.08 Å². The fourth-order valence-corrected chi connectivity index (χ4v) is 3.60. The van der Waals surface area contributed by atoms with Crippen LogP contribution in [-0.4, -0.2) is 24.4 Å². The largest absolute Gasteiger partial charge is 0.399 e. The number of nitrogens with zero attached hydrogens (tertiary/aromatic N) is 3. The van der Waals surface area contributed by atoms with Crippen LogP contribution < -0.4 is 11.1 Å². The van der Waals surface area contributed by atoms with Crippen LogP contribution in [0.1, 0.15) is 35.4 Å². The van der Waals surface area contributed by atoms with Gasteiger partial charge in [-0.2, -0.15) is 18.4 Å². The van der Waals surface area contributed by atoms with E-state index in [4.69, 9.17) is 40.5 Å². The maximum atomic E-state index is 13.7. The second-order valence-electron chi connectivity index (χ2n) is 7.59. The summed E-state index contributed by atoms with van der Waals surface area (Å²) in [5.41, 5.74) is 6.08. The van der Waals surface area contributed by atoms with Gasteiger partial charge in [-0.05, 0) is 48.2 Å². The Balaban J connectivity index is 1.80. The van der Waals surface area contributed by atoms with Gasteiger partial charge in [0.25, 0.3) is 0 Å². The first kappa shape index (κ1) is 26.5. The molecule has 6 nitrogen and oxygen atoms in total. The number of guanidine groups is 1. The van der Waals surface area contributed by atoms with Crippen molar-refractivity contribution in [3.05, 3.63) is 68.2 Å². The van der Waals surface area contributed by atoms with Crippen LogP contribution in [0.4, 0.5) is 18.9 Å². The fourth-order valence-electron chi connectivity index (χ4n) is 2.99. The van der Waals surface area contributed by atoms with Crippen LogP contribution >= 0.6 is 34.8 Å². The van der Waals surface area contributed by atoms with Gasteiger partial charge in [0, 0.05) is 5.92 Å². The number of nitrogens with two attached hydrogens (primary N) is 1. The third-order valence-electron chi connectivity index (χ3n) is 4.93. The lowest BCUT2D eigenvalue weighted by molar-refractivity contribution is -0.139. The van der Waals surface area contributed by atoms with Gasteiger partial charge in [-0.15, -0.1) is 0 Å². The average molecular weight is 543 g/mol. The van der Waals surface area contributed by atoms with E-state index in [0.717, 1.165) is 37.4 Å². The molecule has 1 amide bonds. The van der Waals surface area contributed by atoms with Gasteiger partial charge in [-0.3, -0.25) is 10.1 Å². The summed E-state index contributed by atoms with van der Waals surface area (Å²) < 4.78 is 41.2. The van der Waals surface area contributed by atoms with Crippen LogP contribution in [0.3, 0.4) is 0 Å². The molecule has 0 aliphatic heterocycles. The molecule has 0 radical (unpaired) electrons. The van der Waals surface area contributed by atoms with Crippen LogP contribution in [-0.2, 0) is 4.79 Å². The molecule has 1 atom stereocenters. The van der Waals surface area contributed by atoms with Gasteiger partial charge in [0.2, 0.25) is 11.9 Å². The minimum Gasteiger partial charge on any atom is -0.369 e. The summed E-state index contributed by atoms with van der Waals surface area (Å²) >= 11 is 17.6. The number of amides is 1.